The van der Waals surface area contributed by atoms with Crippen LogP contribution in [-0.2, 0) is 6.54 Å². The summed E-state index contributed by atoms with van der Waals surface area (Å²) in [5, 5.41) is 19.8. The van der Waals surface area contributed by atoms with Crippen LogP contribution in [0, 0.1) is 0 Å². The lowest BCUT2D eigenvalue weighted by molar-refractivity contribution is 0.0688. The molecular formula is C17H17ClN2O4. The molecule has 0 unspecified atom stereocenters. The average Bonchev–Trinajstić information content (AvgIpc) is 2.89. The van der Waals surface area contributed by atoms with Crippen molar-refractivity contribution in [3.8, 4) is 5.75 Å². The van der Waals surface area contributed by atoms with Crippen LogP contribution in [0.15, 0.2) is 42.6 Å². The fraction of sp³-hybridized carbons (Fsp3) is 0.294. The fourth-order valence-electron chi connectivity index (χ4n) is 2.68. The highest BCUT2D eigenvalue weighted by Gasteiger charge is 2.33. The van der Waals surface area contributed by atoms with Crippen molar-refractivity contribution in [2.24, 2.45) is 0 Å². The van der Waals surface area contributed by atoms with Crippen LogP contribution in [-0.4, -0.2) is 51.4 Å². The van der Waals surface area contributed by atoms with E-state index in [9.17, 15) is 9.90 Å². The lowest BCUT2D eigenvalue weighted by Crippen LogP contribution is -2.30. The van der Waals surface area contributed by atoms with Gasteiger partial charge in [0.05, 0.1) is 16.3 Å². The van der Waals surface area contributed by atoms with Crippen molar-refractivity contribution in [1.82, 2.24) is 9.88 Å². The number of carboxylic acid groups (broad SMARTS) is 1. The number of carbonyl (C=O) groups is 1. The van der Waals surface area contributed by atoms with Gasteiger partial charge in [0, 0.05) is 25.8 Å². The van der Waals surface area contributed by atoms with Crippen molar-refractivity contribution in [3.05, 3.63) is 58.9 Å². The molecule has 0 saturated carbocycles. The van der Waals surface area contributed by atoms with Crippen LogP contribution in [0.2, 0.25) is 5.02 Å². The molecular weight excluding hydrogens is 332 g/mol. The van der Waals surface area contributed by atoms with E-state index < -0.39 is 18.2 Å². The molecule has 1 saturated heterocycles. The number of carboxylic acids is 1. The predicted molar refractivity (Wildman–Crippen MR) is 88.3 cm³/mol. The first-order valence-corrected chi connectivity index (χ1v) is 7.90. The van der Waals surface area contributed by atoms with Gasteiger partial charge in [-0.1, -0.05) is 17.7 Å². The van der Waals surface area contributed by atoms with Gasteiger partial charge in [-0.05, 0) is 30.3 Å². The number of aromatic nitrogens is 1. The van der Waals surface area contributed by atoms with Crippen molar-refractivity contribution < 1.29 is 19.7 Å². The number of aliphatic hydroxyl groups is 1. The van der Waals surface area contributed by atoms with E-state index in [-0.39, 0.29) is 5.56 Å². The van der Waals surface area contributed by atoms with E-state index in [1.54, 1.807) is 24.4 Å². The van der Waals surface area contributed by atoms with Gasteiger partial charge in [0.1, 0.15) is 18.0 Å². The number of rotatable bonds is 5. The highest BCUT2D eigenvalue weighted by molar-refractivity contribution is 6.30. The van der Waals surface area contributed by atoms with E-state index in [4.69, 9.17) is 21.4 Å². The number of β-amino-alcohol motifs (C(OH)–C–C–N with tert-alkyl or cyclic N) is 1. The third kappa shape index (κ3) is 4.03. The molecule has 1 aromatic carbocycles. The monoisotopic (exact) mass is 348 g/mol. The third-order valence-corrected chi connectivity index (χ3v) is 4.08. The van der Waals surface area contributed by atoms with Crippen LogP contribution >= 0.6 is 11.6 Å². The molecule has 2 N–H and O–H groups in total. The molecule has 6 nitrogen and oxygen atoms in total. The zero-order chi connectivity index (χ0) is 17.1. The van der Waals surface area contributed by atoms with Gasteiger partial charge in [0.15, 0.2) is 0 Å². The molecule has 0 bridgehead atoms. The summed E-state index contributed by atoms with van der Waals surface area (Å²) in [6.45, 7) is 1.58. The molecule has 24 heavy (non-hydrogen) atoms. The number of nitrogens with zero attached hydrogens (tertiary/aromatic N) is 2. The molecule has 126 valence electrons. The molecule has 2 aromatic rings. The molecule has 3 rings (SSSR count). The van der Waals surface area contributed by atoms with Crippen molar-refractivity contribution >= 4 is 17.6 Å². The van der Waals surface area contributed by atoms with Gasteiger partial charge in [-0.25, -0.2) is 4.79 Å². The molecule has 0 radical (unpaired) electrons. The standard InChI is InChI=1S/C17H17ClN2O4/c18-12-4-5-13(19-7-12)8-20-9-15(21)16(10-20)24-14-3-1-2-11(6-14)17(22)23/h1-7,15-16,21H,8-10H2,(H,22,23)/t15-,16-/m1/s1. The van der Waals surface area contributed by atoms with Crippen LogP contribution in [0.4, 0.5) is 0 Å². The Morgan fingerprint density at radius 1 is 1.33 bits per heavy atom. The number of halogens is 1. The maximum absolute atomic E-state index is 11.0. The van der Waals surface area contributed by atoms with Crippen LogP contribution in [0.3, 0.4) is 0 Å². The van der Waals surface area contributed by atoms with E-state index in [2.05, 4.69) is 4.98 Å². The Balaban J connectivity index is 1.62. The van der Waals surface area contributed by atoms with E-state index in [0.717, 1.165) is 5.69 Å². The first-order valence-electron chi connectivity index (χ1n) is 7.52. The normalized spacial score (nSPS) is 20.9. The number of ether oxygens (including phenoxy) is 1. The molecule has 1 aliphatic rings. The molecule has 1 aromatic heterocycles. The second-order valence-corrected chi connectivity index (χ2v) is 6.15. The summed E-state index contributed by atoms with van der Waals surface area (Å²) >= 11 is 5.82. The van der Waals surface area contributed by atoms with Gasteiger partial charge >= 0.3 is 5.97 Å². The fourth-order valence-corrected chi connectivity index (χ4v) is 2.80. The van der Waals surface area contributed by atoms with Crippen molar-refractivity contribution in [1.29, 1.82) is 0 Å². The molecule has 0 aliphatic carbocycles. The molecule has 2 atom stereocenters. The number of aliphatic hydroxyl groups excluding tert-OH is 1. The maximum atomic E-state index is 11.0. The van der Waals surface area contributed by atoms with Crippen LogP contribution < -0.4 is 4.74 Å². The Bertz CT molecular complexity index is 723. The molecule has 0 amide bonds. The third-order valence-electron chi connectivity index (χ3n) is 3.86. The topological polar surface area (TPSA) is 82.9 Å². The summed E-state index contributed by atoms with van der Waals surface area (Å²) in [4.78, 5) is 17.3. The van der Waals surface area contributed by atoms with Crippen molar-refractivity contribution in [3.63, 3.8) is 0 Å². The number of hydrogen-bond acceptors (Lipinski definition) is 5. The lowest BCUT2D eigenvalue weighted by Gasteiger charge is -2.17. The van der Waals surface area contributed by atoms with Gasteiger partial charge in [0.25, 0.3) is 0 Å². The summed E-state index contributed by atoms with van der Waals surface area (Å²) in [5.74, 6) is -0.576. The number of benzene rings is 1. The smallest absolute Gasteiger partial charge is 0.335 e. The quantitative estimate of drug-likeness (QED) is 0.860. The number of aromatic carboxylic acids is 1. The Morgan fingerprint density at radius 3 is 2.88 bits per heavy atom. The summed E-state index contributed by atoms with van der Waals surface area (Å²) in [5.41, 5.74) is 1.02. The Hall–Kier alpha value is -2.15. The van der Waals surface area contributed by atoms with Gasteiger partial charge < -0.3 is 14.9 Å². The Kier molecular flexibility index (Phi) is 4.99. The largest absolute Gasteiger partial charge is 0.486 e. The van der Waals surface area contributed by atoms with Gasteiger partial charge in [-0.15, -0.1) is 0 Å². The maximum Gasteiger partial charge on any atom is 0.335 e. The molecule has 2 heterocycles. The predicted octanol–water partition coefficient (Wildman–Crippen LogP) is 2.06. The van der Waals surface area contributed by atoms with Crippen molar-refractivity contribution in [2.75, 3.05) is 13.1 Å². The highest BCUT2D eigenvalue weighted by atomic mass is 35.5. The zero-order valence-corrected chi connectivity index (χ0v) is 13.6. The summed E-state index contributed by atoms with van der Waals surface area (Å²) < 4.78 is 5.77. The minimum absolute atomic E-state index is 0.155. The lowest BCUT2D eigenvalue weighted by atomic mass is 10.2. The van der Waals surface area contributed by atoms with Crippen LogP contribution in [0.5, 0.6) is 5.75 Å². The number of pyridine rings is 1. The summed E-state index contributed by atoms with van der Waals surface area (Å²) in [7, 11) is 0. The highest BCUT2D eigenvalue weighted by Crippen LogP contribution is 2.21. The molecule has 0 spiro atoms. The summed E-state index contributed by atoms with van der Waals surface area (Å²) in [6.07, 6.45) is 0.529. The molecule has 1 aliphatic heterocycles. The second kappa shape index (κ2) is 7.17. The average molecular weight is 349 g/mol. The van der Waals surface area contributed by atoms with Gasteiger partial charge in [-0.2, -0.15) is 0 Å². The van der Waals surface area contributed by atoms with E-state index in [0.29, 0.717) is 30.4 Å². The van der Waals surface area contributed by atoms with Crippen LogP contribution in [0.1, 0.15) is 16.1 Å². The minimum Gasteiger partial charge on any atom is -0.486 e. The van der Waals surface area contributed by atoms with E-state index in [1.165, 1.54) is 12.1 Å². The van der Waals surface area contributed by atoms with Crippen LogP contribution in [0.25, 0.3) is 0 Å². The van der Waals surface area contributed by atoms with E-state index in [1.807, 2.05) is 11.0 Å². The zero-order valence-electron chi connectivity index (χ0n) is 12.8. The first-order chi connectivity index (χ1) is 11.5. The number of hydrogen-bond donors (Lipinski definition) is 2. The molecule has 7 heteroatoms. The first kappa shape index (κ1) is 16.7. The van der Waals surface area contributed by atoms with E-state index >= 15 is 0 Å². The Morgan fingerprint density at radius 2 is 2.17 bits per heavy atom. The van der Waals surface area contributed by atoms with Gasteiger partial charge in [0.2, 0.25) is 0 Å². The second-order valence-electron chi connectivity index (χ2n) is 5.72. The number of likely N-dealkylation sites (tertiary alicyclic amines) is 1. The summed E-state index contributed by atoms with van der Waals surface area (Å²) in [6, 6.07) is 9.89. The minimum atomic E-state index is -1.01. The SMILES string of the molecule is O=C(O)c1cccc(O[C@@H]2CN(Cc3ccc(Cl)cn3)C[C@H]2O)c1. The molecule has 1 fully saturated rings. The Labute approximate surface area is 144 Å². The van der Waals surface area contributed by atoms with Crippen molar-refractivity contribution in [2.45, 2.75) is 18.8 Å². The van der Waals surface area contributed by atoms with Gasteiger partial charge in [-0.3, -0.25) is 9.88 Å².